The normalized spacial score (nSPS) is 23.8. The number of nitrogen functional groups attached to an aromatic ring is 1. The molecule has 2 nitrogen and oxygen atoms in total. The van der Waals surface area contributed by atoms with Crippen molar-refractivity contribution in [2.75, 3.05) is 12.8 Å². The van der Waals surface area contributed by atoms with E-state index in [-0.39, 0.29) is 0 Å². The smallest absolute Gasteiger partial charge is 0.0371 e. The van der Waals surface area contributed by atoms with Crippen molar-refractivity contribution in [3.05, 3.63) is 28.2 Å². The van der Waals surface area contributed by atoms with Gasteiger partial charge in [-0.15, -0.1) is 0 Å². The number of nitrogens with zero attached hydrogens (tertiary/aromatic N) is 1. The molecule has 1 aliphatic rings. The summed E-state index contributed by atoms with van der Waals surface area (Å²) in [6, 6.07) is 6.78. The molecule has 0 radical (unpaired) electrons. The molecule has 1 fully saturated rings. The van der Waals surface area contributed by atoms with Crippen LogP contribution in [0.5, 0.6) is 0 Å². The minimum atomic E-state index is 0.717. The first-order valence-electron chi connectivity index (χ1n) is 7.35. The van der Waals surface area contributed by atoms with Crippen LogP contribution in [0.1, 0.15) is 44.6 Å². The second-order valence-corrected chi connectivity index (χ2v) is 6.66. The average Bonchev–Trinajstić information content (AvgIpc) is 2.43. The molecule has 0 aromatic heterocycles. The standard InChI is InChI=1S/C16H25BrN2/c1-3-12-7-9-13(10-8-12)19(2)11-14-15(17)5-4-6-16(14)18/h4-6,12-13H,3,7-11,18H2,1-2H3. The molecule has 106 valence electrons. The van der Waals surface area contributed by atoms with Crippen LogP contribution in [0.25, 0.3) is 0 Å². The zero-order chi connectivity index (χ0) is 13.8. The Hall–Kier alpha value is -0.540. The van der Waals surface area contributed by atoms with Crippen LogP contribution in [0, 0.1) is 5.92 Å². The van der Waals surface area contributed by atoms with Gasteiger partial charge < -0.3 is 5.73 Å². The van der Waals surface area contributed by atoms with Gasteiger partial charge in [0.05, 0.1) is 0 Å². The topological polar surface area (TPSA) is 29.3 Å². The highest BCUT2D eigenvalue weighted by molar-refractivity contribution is 9.10. The van der Waals surface area contributed by atoms with E-state index < -0.39 is 0 Å². The summed E-state index contributed by atoms with van der Waals surface area (Å²) in [5, 5.41) is 0. The average molecular weight is 325 g/mol. The van der Waals surface area contributed by atoms with Crippen LogP contribution < -0.4 is 5.73 Å². The van der Waals surface area contributed by atoms with Crippen molar-refractivity contribution < 1.29 is 0 Å². The number of halogens is 1. The van der Waals surface area contributed by atoms with Gasteiger partial charge in [-0.25, -0.2) is 0 Å². The van der Waals surface area contributed by atoms with Crippen LogP contribution in [0.4, 0.5) is 5.69 Å². The van der Waals surface area contributed by atoms with Gasteiger partial charge in [0.2, 0.25) is 0 Å². The highest BCUT2D eigenvalue weighted by Crippen LogP contribution is 2.31. The molecule has 0 unspecified atom stereocenters. The Balaban J connectivity index is 1.96. The van der Waals surface area contributed by atoms with Crippen molar-refractivity contribution in [2.24, 2.45) is 5.92 Å². The Labute approximate surface area is 125 Å². The Morgan fingerprint density at radius 3 is 2.53 bits per heavy atom. The number of hydrogen-bond acceptors (Lipinski definition) is 2. The summed E-state index contributed by atoms with van der Waals surface area (Å²) in [6.45, 7) is 3.26. The maximum absolute atomic E-state index is 6.09. The zero-order valence-corrected chi connectivity index (χ0v) is 13.6. The van der Waals surface area contributed by atoms with Crippen molar-refractivity contribution in [3.8, 4) is 0 Å². The minimum absolute atomic E-state index is 0.717. The molecule has 1 aromatic carbocycles. The Kier molecular flexibility index (Phi) is 5.28. The quantitative estimate of drug-likeness (QED) is 0.830. The fourth-order valence-corrected chi connectivity index (χ4v) is 3.62. The fourth-order valence-electron chi connectivity index (χ4n) is 3.11. The van der Waals surface area contributed by atoms with E-state index in [4.69, 9.17) is 5.73 Å². The van der Waals surface area contributed by atoms with E-state index in [9.17, 15) is 0 Å². The van der Waals surface area contributed by atoms with Crippen molar-refractivity contribution in [3.63, 3.8) is 0 Å². The molecular formula is C16H25BrN2. The Morgan fingerprint density at radius 1 is 1.26 bits per heavy atom. The van der Waals surface area contributed by atoms with Crippen LogP contribution in [0.15, 0.2) is 22.7 Å². The SMILES string of the molecule is CCC1CCC(N(C)Cc2c(N)cccc2Br)CC1. The van der Waals surface area contributed by atoms with Gasteiger partial charge in [-0.3, -0.25) is 4.90 Å². The molecular weight excluding hydrogens is 300 g/mol. The third kappa shape index (κ3) is 3.73. The number of anilines is 1. The van der Waals surface area contributed by atoms with E-state index in [1.165, 1.54) is 37.7 Å². The lowest BCUT2D eigenvalue weighted by Gasteiger charge is -2.34. The molecule has 3 heteroatoms. The Morgan fingerprint density at radius 2 is 1.95 bits per heavy atom. The van der Waals surface area contributed by atoms with Gasteiger partial charge in [0.15, 0.2) is 0 Å². The molecule has 0 aliphatic heterocycles. The molecule has 0 heterocycles. The van der Waals surface area contributed by atoms with Gasteiger partial charge in [-0.1, -0.05) is 35.3 Å². The molecule has 2 N–H and O–H groups in total. The van der Waals surface area contributed by atoms with Gasteiger partial charge in [0.1, 0.15) is 0 Å². The van der Waals surface area contributed by atoms with Crippen molar-refractivity contribution >= 4 is 21.6 Å². The van der Waals surface area contributed by atoms with Crippen LogP contribution in [-0.4, -0.2) is 18.0 Å². The number of rotatable bonds is 4. The lowest BCUT2D eigenvalue weighted by atomic mass is 9.84. The summed E-state index contributed by atoms with van der Waals surface area (Å²) in [5.74, 6) is 0.957. The fraction of sp³-hybridized carbons (Fsp3) is 0.625. The van der Waals surface area contributed by atoms with Crippen molar-refractivity contribution in [1.29, 1.82) is 0 Å². The molecule has 1 aromatic rings. The summed E-state index contributed by atoms with van der Waals surface area (Å²) in [4.78, 5) is 2.47. The van der Waals surface area contributed by atoms with Gasteiger partial charge >= 0.3 is 0 Å². The maximum Gasteiger partial charge on any atom is 0.0371 e. The summed E-state index contributed by atoms with van der Waals surface area (Å²) >= 11 is 3.61. The largest absolute Gasteiger partial charge is 0.398 e. The lowest BCUT2D eigenvalue weighted by Crippen LogP contribution is -2.34. The van der Waals surface area contributed by atoms with Crippen LogP contribution in [0.3, 0.4) is 0 Å². The predicted octanol–water partition coefficient (Wildman–Crippen LogP) is 4.43. The van der Waals surface area contributed by atoms with Crippen LogP contribution >= 0.6 is 15.9 Å². The third-order valence-electron chi connectivity index (χ3n) is 4.58. The summed E-state index contributed by atoms with van der Waals surface area (Å²) in [6.07, 6.45) is 6.78. The molecule has 1 saturated carbocycles. The first-order valence-corrected chi connectivity index (χ1v) is 8.14. The van der Waals surface area contributed by atoms with Gasteiger partial charge in [-0.2, -0.15) is 0 Å². The van der Waals surface area contributed by atoms with Crippen LogP contribution in [-0.2, 0) is 6.54 Å². The van der Waals surface area contributed by atoms with E-state index in [1.807, 2.05) is 12.1 Å². The number of hydrogen-bond donors (Lipinski definition) is 1. The molecule has 0 amide bonds. The molecule has 19 heavy (non-hydrogen) atoms. The lowest BCUT2D eigenvalue weighted by molar-refractivity contribution is 0.157. The van der Waals surface area contributed by atoms with E-state index in [2.05, 4.69) is 40.9 Å². The van der Waals surface area contributed by atoms with Gasteiger partial charge in [0.25, 0.3) is 0 Å². The second-order valence-electron chi connectivity index (χ2n) is 5.81. The first kappa shape index (κ1) is 14.9. The highest BCUT2D eigenvalue weighted by atomic mass is 79.9. The monoisotopic (exact) mass is 324 g/mol. The first-order chi connectivity index (χ1) is 9.11. The highest BCUT2D eigenvalue weighted by Gasteiger charge is 2.23. The van der Waals surface area contributed by atoms with E-state index in [1.54, 1.807) is 0 Å². The van der Waals surface area contributed by atoms with E-state index >= 15 is 0 Å². The molecule has 0 atom stereocenters. The van der Waals surface area contributed by atoms with Gasteiger partial charge in [0, 0.05) is 28.3 Å². The third-order valence-corrected chi connectivity index (χ3v) is 5.32. The van der Waals surface area contributed by atoms with E-state index in [0.717, 1.165) is 22.6 Å². The van der Waals surface area contributed by atoms with Crippen LogP contribution in [0.2, 0.25) is 0 Å². The number of nitrogens with two attached hydrogens (primary N) is 1. The predicted molar refractivity (Wildman–Crippen MR) is 86.1 cm³/mol. The summed E-state index contributed by atoms with van der Waals surface area (Å²) in [5.41, 5.74) is 8.20. The molecule has 0 saturated heterocycles. The molecule has 1 aliphatic carbocycles. The second kappa shape index (κ2) is 6.76. The van der Waals surface area contributed by atoms with Crippen molar-refractivity contribution in [1.82, 2.24) is 4.90 Å². The number of benzene rings is 1. The Bertz CT molecular complexity index is 391. The minimum Gasteiger partial charge on any atom is -0.398 e. The molecule has 2 rings (SSSR count). The maximum atomic E-state index is 6.09. The zero-order valence-electron chi connectivity index (χ0n) is 12.0. The summed E-state index contributed by atoms with van der Waals surface area (Å²) < 4.78 is 1.13. The van der Waals surface area contributed by atoms with E-state index in [0.29, 0.717) is 6.04 Å². The molecule has 0 bridgehead atoms. The van der Waals surface area contributed by atoms with Crippen molar-refractivity contribution in [2.45, 2.75) is 51.6 Å². The summed E-state index contributed by atoms with van der Waals surface area (Å²) in [7, 11) is 2.23. The molecule has 0 spiro atoms. The van der Waals surface area contributed by atoms with Gasteiger partial charge in [-0.05, 0) is 50.8 Å².